The van der Waals surface area contributed by atoms with Gasteiger partial charge in [0.25, 0.3) is 0 Å². The number of aryl methyl sites for hydroxylation is 1. The molecule has 4 nitrogen and oxygen atoms in total. The second-order valence-corrected chi connectivity index (χ2v) is 4.80. The Bertz CT molecular complexity index is 619. The number of carboxylic acids is 1. The Hall–Kier alpha value is -1.62. The second-order valence-electron chi connectivity index (χ2n) is 4.01. The lowest BCUT2D eigenvalue weighted by molar-refractivity contribution is 0.0695. The van der Waals surface area contributed by atoms with Crippen molar-refractivity contribution in [1.29, 1.82) is 0 Å². The standard InChI is InChI=1S/C12H9BrN2O2/c13-11-9(12(16)17)8-2-1-6-5-14-4-3-7(6)10(8)15-11/h3-5,15H,1-2H2,(H,16,17). The van der Waals surface area contributed by atoms with Gasteiger partial charge in [-0.2, -0.15) is 0 Å². The molecule has 2 aromatic heterocycles. The fourth-order valence-corrected chi connectivity index (χ4v) is 2.95. The van der Waals surface area contributed by atoms with Gasteiger partial charge in [-0.15, -0.1) is 0 Å². The van der Waals surface area contributed by atoms with Crippen molar-refractivity contribution >= 4 is 21.9 Å². The summed E-state index contributed by atoms with van der Waals surface area (Å²) in [5.74, 6) is -0.896. The van der Waals surface area contributed by atoms with Gasteiger partial charge in [-0.25, -0.2) is 4.79 Å². The number of aromatic nitrogens is 2. The van der Waals surface area contributed by atoms with Crippen molar-refractivity contribution in [3.8, 4) is 11.3 Å². The average Bonchev–Trinajstić information content (AvgIpc) is 2.65. The van der Waals surface area contributed by atoms with Gasteiger partial charge >= 0.3 is 5.97 Å². The first-order valence-corrected chi connectivity index (χ1v) is 6.04. The minimum atomic E-state index is -0.896. The third-order valence-electron chi connectivity index (χ3n) is 3.09. The summed E-state index contributed by atoms with van der Waals surface area (Å²) in [6.45, 7) is 0. The van der Waals surface area contributed by atoms with Gasteiger partial charge in [0.1, 0.15) is 0 Å². The first kappa shape index (κ1) is 10.5. The molecule has 17 heavy (non-hydrogen) atoms. The molecule has 0 fully saturated rings. The van der Waals surface area contributed by atoms with E-state index < -0.39 is 5.97 Å². The minimum absolute atomic E-state index is 0.350. The third kappa shape index (κ3) is 1.50. The van der Waals surface area contributed by atoms with Gasteiger partial charge in [-0.3, -0.25) is 4.98 Å². The fourth-order valence-electron chi connectivity index (χ4n) is 2.34. The molecule has 5 heteroatoms. The minimum Gasteiger partial charge on any atom is -0.478 e. The van der Waals surface area contributed by atoms with Crippen LogP contribution in [0.15, 0.2) is 23.1 Å². The van der Waals surface area contributed by atoms with Crippen molar-refractivity contribution in [3.63, 3.8) is 0 Å². The van der Waals surface area contributed by atoms with Gasteiger partial charge in [0.2, 0.25) is 0 Å². The zero-order valence-corrected chi connectivity index (χ0v) is 10.4. The van der Waals surface area contributed by atoms with Crippen LogP contribution in [0.5, 0.6) is 0 Å². The van der Waals surface area contributed by atoms with E-state index in [4.69, 9.17) is 0 Å². The number of nitrogens with zero attached hydrogens (tertiary/aromatic N) is 1. The Morgan fingerprint density at radius 2 is 2.29 bits per heavy atom. The van der Waals surface area contributed by atoms with Crippen molar-refractivity contribution in [3.05, 3.63) is 39.8 Å². The van der Waals surface area contributed by atoms with Crippen LogP contribution in [0.2, 0.25) is 0 Å². The molecule has 0 saturated heterocycles. The van der Waals surface area contributed by atoms with Gasteiger partial charge in [0, 0.05) is 18.0 Å². The smallest absolute Gasteiger partial charge is 0.338 e. The number of hydrogen-bond donors (Lipinski definition) is 2. The number of carbonyl (C=O) groups is 1. The summed E-state index contributed by atoms with van der Waals surface area (Å²) < 4.78 is 0.541. The van der Waals surface area contributed by atoms with Gasteiger partial charge in [-0.1, -0.05) is 0 Å². The second kappa shape index (κ2) is 3.70. The fraction of sp³-hybridized carbons (Fsp3) is 0.167. The summed E-state index contributed by atoms with van der Waals surface area (Å²) in [5.41, 5.74) is 4.34. The quantitative estimate of drug-likeness (QED) is 0.849. The number of pyridine rings is 1. The van der Waals surface area contributed by atoms with Crippen LogP contribution in [-0.4, -0.2) is 21.0 Å². The summed E-state index contributed by atoms with van der Waals surface area (Å²) in [6, 6.07) is 1.92. The lowest BCUT2D eigenvalue weighted by Crippen LogP contribution is -2.07. The van der Waals surface area contributed by atoms with Crippen LogP contribution in [-0.2, 0) is 12.8 Å². The molecule has 0 amide bonds. The van der Waals surface area contributed by atoms with Crippen LogP contribution >= 0.6 is 15.9 Å². The highest BCUT2D eigenvalue weighted by Gasteiger charge is 2.26. The highest BCUT2D eigenvalue weighted by Crippen LogP contribution is 2.37. The molecule has 0 atom stereocenters. The van der Waals surface area contributed by atoms with E-state index in [1.54, 1.807) is 6.20 Å². The third-order valence-corrected chi connectivity index (χ3v) is 3.68. The Morgan fingerprint density at radius 1 is 1.47 bits per heavy atom. The zero-order chi connectivity index (χ0) is 12.0. The predicted molar refractivity (Wildman–Crippen MR) is 66.1 cm³/mol. The maximum atomic E-state index is 11.2. The first-order valence-electron chi connectivity index (χ1n) is 5.25. The van der Waals surface area contributed by atoms with Crippen molar-refractivity contribution in [2.75, 3.05) is 0 Å². The van der Waals surface area contributed by atoms with E-state index in [1.165, 1.54) is 0 Å². The van der Waals surface area contributed by atoms with Crippen molar-refractivity contribution in [1.82, 2.24) is 9.97 Å². The van der Waals surface area contributed by atoms with E-state index in [0.29, 0.717) is 10.2 Å². The maximum absolute atomic E-state index is 11.2. The maximum Gasteiger partial charge on any atom is 0.338 e. The van der Waals surface area contributed by atoms with Crippen molar-refractivity contribution < 1.29 is 9.90 Å². The Balaban J connectivity index is 2.28. The first-order chi connectivity index (χ1) is 8.18. The summed E-state index contributed by atoms with van der Waals surface area (Å²) >= 11 is 3.28. The summed E-state index contributed by atoms with van der Waals surface area (Å²) in [4.78, 5) is 18.4. The van der Waals surface area contributed by atoms with E-state index >= 15 is 0 Å². The number of aromatic amines is 1. The Morgan fingerprint density at radius 3 is 3.06 bits per heavy atom. The van der Waals surface area contributed by atoms with E-state index in [-0.39, 0.29) is 0 Å². The molecule has 2 aromatic rings. The van der Waals surface area contributed by atoms with Gasteiger partial charge in [-0.05, 0) is 46.0 Å². The number of aromatic carboxylic acids is 1. The van der Waals surface area contributed by atoms with Crippen molar-refractivity contribution in [2.45, 2.75) is 12.8 Å². The Labute approximate surface area is 106 Å². The van der Waals surface area contributed by atoms with Crippen LogP contribution in [0.25, 0.3) is 11.3 Å². The molecule has 0 saturated carbocycles. The Kier molecular flexibility index (Phi) is 2.29. The van der Waals surface area contributed by atoms with Crippen LogP contribution in [0.4, 0.5) is 0 Å². The number of H-pyrrole nitrogens is 1. The van der Waals surface area contributed by atoms with E-state index in [1.807, 2.05) is 12.3 Å². The summed E-state index contributed by atoms with van der Waals surface area (Å²) in [5, 5.41) is 9.20. The summed E-state index contributed by atoms with van der Waals surface area (Å²) in [7, 11) is 0. The highest BCUT2D eigenvalue weighted by atomic mass is 79.9. The number of nitrogens with one attached hydrogen (secondary N) is 1. The van der Waals surface area contributed by atoms with Crippen LogP contribution in [0, 0.1) is 0 Å². The molecule has 0 aliphatic heterocycles. The molecule has 0 bridgehead atoms. The molecule has 0 aromatic carbocycles. The van der Waals surface area contributed by atoms with E-state index in [9.17, 15) is 9.90 Å². The molecule has 0 radical (unpaired) electrons. The SMILES string of the molecule is O=C(O)c1c(Br)[nH]c2c1CCc1cnccc1-2. The summed E-state index contributed by atoms with van der Waals surface area (Å²) in [6.07, 6.45) is 5.13. The van der Waals surface area contributed by atoms with E-state index in [0.717, 1.165) is 35.2 Å². The monoisotopic (exact) mass is 292 g/mol. The van der Waals surface area contributed by atoms with Crippen LogP contribution in [0.1, 0.15) is 21.5 Å². The molecule has 1 aliphatic carbocycles. The molecular formula is C12H9BrN2O2. The lowest BCUT2D eigenvalue weighted by Gasteiger charge is -2.15. The number of fused-ring (bicyclic) bond motifs is 3. The molecule has 1 aliphatic rings. The molecule has 2 heterocycles. The number of carboxylic acid groups (broad SMARTS) is 1. The number of hydrogen-bond acceptors (Lipinski definition) is 2. The number of rotatable bonds is 1. The highest BCUT2D eigenvalue weighted by molar-refractivity contribution is 9.10. The topological polar surface area (TPSA) is 66.0 Å². The molecule has 86 valence electrons. The number of halogens is 1. The van der Waals surface area contributed by atoms with Gasteiger partial charge in [0.05, 0.1) is 15.9 Å². The molecule has 0 spiro atoms. The van der Waals surface area contributed by atoms with Gasteiger partial charge < -0.3 is 10.1 Å². The van der Waals surface area contributed by atoms with E-state index in [2.05, 4.69) is 25.9 Å². The molecule has 2 N–H and O–H groups in total. The van der Waals surface area contributed by atoms with Gasteiger partial charge in [0.15, 0.2) is 0 Å². The largest absolute Gasteiger partial charge is 0.478 e. The predicted octanol–water partition coefficient (Wildman–Crippen LogP) is 2.64. The van der Waals surface area contributed by atoms with Crippen LogP contribution in [0.3, 0.4) is 0 Å². The van der Waals surface area contributed by atoms with Crippen LogP contribution < -0.4 is 0 Å². The lowest BCUT2D eigenvalue weighted by atomic mass is 9.90. The average molecular weight is 293 g/mol. The molecule has 3 rings (SSSR count). The normalized spacial score (nSPS) is 13.0. The molecule has 0 unspecified atom stereocenters. The zero-order valence-electron chi connectivity index (χ0n) is 8.83. The van der Waals surface area contributed by atoms with Crippen molar-refractivity contribution in [2.24, 2.45) is 0 Å². The molecular weight excluding hydrogens is 284 g/mol.